The maximum atomic E-state index is 12.1. The third-order valence-electron chi connectivity index (χ3n) is 6.32. The summed E-state index contributed by atoms with van der Waals surface area (Å²) in [7, 11) is 1.46. The number of aromatic nitrogens is 2. The first-order chi connectivity index (χ1) is 19.4. The van der Waals surface area contributed by atoms with Gasteiger partial charge in [-0.05, 0) is 72.0 Å². The predicted molar refractivity (Wildman–Crippen MR) is 155 cm³/mol. The van der Waals surface area contributed by atoms with Crippen LogP contribution in [0, 0.1) is 0 Å². The number of nitrogens with one attached hydrogen (secondary N) is 2. The number of benzene rings is 4. The average molecular weight is 566 g/mol. The minimum absolute atomic E-state index is 0.645. The number of nitrogens with zero attached hydrogens (tertiary/aromatic N) is 1. The Morgan fingerprint density at radius 3 is 2.48 bits per heavy atom. The summed E-state index contributed by atoms with van der Waals surface area (Å²) < 4.78 is 40.9. The number of carbonyl (C=O) groups excluding carboxylic acids is 1. The molecule has 0 saturated carbocycles. The van der Waals surface area contributed by atoms with Crippen molar-refractivity contribution in [2.75, 3.05) is 13.7 Å². The van der Waals surface area contributed by atoms with Crippen LogP contribution in [0.4, 0.5) is 13.2 Å². The maximum absolute atomic E-state index is 12.1. The lowest BCUT2D eigenvalue weighted by molar-refractivity contribution is -0.137. The van der Waals surface area contributed by atoms with Crippen molar-refractivity contribution in [2.24, 2.45) is 0 Å². The number of fused-ring (bicyclic) bond motifs is 2. The molecule has 0 unspecified atom stereocenters. The molecule has 0 saturated heterocycles. The van der Waals surface area contributed by atoms with Crippen molar-refractivity contribution in [1.82, 2.24) is 15.3 Å². The van der Waals surface area contributed by atoms with Crippen LogP contribution in [0.1, 0.15) is 30.4 Å². The van der Waals surface area contributed by atoms with Gasteiger partial charge in [-0.2, -0.15) is 13.2 Å². The fraction of sp³-hybridized carbons (Fsp3) is 0.226. The molecule has 4 aromatic carbocycles. The van der Waals surface area contributed by atoms with Gasteiger partial charge in [-0.1, -0.05) is 55.0 Å². The third kappa shape index (κ3) is 7.86. The second-order valence-electron chi connectivity index (χ2n) is 9.12. The molecule has 0 aliphatic heterocycles. The van der Waals surface area contributed by atoms with E-state index in [1.165, 1.54) is 35.6 Å². The van der Waals surface area contributed by atoms with E-state index in [1.807, 2.05) is 0 Å². The average Bonchev–Trinajstić information content (AvgIpc) is 3.38. The summed E-state index contributed by atoms with van der Waals surface area (Å²) >= 11 is 1.03. The fourth-order valence-electron chi connectivity index (χ4n) is 4.36. The molecule has 208 valence electrons. The molecule has 0 aliphatic rings. The van der Waals surface area contributed by atoms with Crippen molar-refractivity contribution < 1.29 is 22.1 Å². The number of hydrogen-bond acceptors (Lipinski definition) is 4. The highest BCUT2D eigenvalue weighted by atomic mass is 32.2. The Kier molecular flexibility index (Phi) is 10.2. The standard InChI is InChI=1S/C23H23N3O.C8H7F3OS/c27-16-24-14-5-1-2-7-17-12-13-21-22(15-17)26-23(25-21)20-11-6-9-18-8-3-4-10-19(18)20;1-12-13-7-4-2-6(3-5-7)8(9,10)11/h3-4,6,8-13,15-16H,1-2,5,7,14H2,(H,24,27)(H,25,26);2-5H,1H3. The van der Waals surface area contributed by atoms with Crippen LogP contribution in [-0.2, 0) is 21.6 Å². The number of halogens is 3. The second kappa shape index (κ2) is 14.0. The van der Waals surface area contributed by atoms with E-state index in [9.17, 15) is 18.0 Å². The van der Waals surface area contributed by atoms with Crippen LogP contribution in [0.25, 0.3) is 33.2 Å². The van der Waals surface area contributed by atoms with Crippen molar-refractivity contribution in [3.63, 3.8) is 0 Å². The number of rotatable bonds is 10. The highest BCUT2D eigenvalue weighted by Gasteiger charge is 2.29. The van der Waals surface area contributed by atoms with Gasteiger partial charge >= 0.3 is 6.18 Å². The molecule has 5 aromatic rings. The molecule has 1 amide bonds. The van der Waals surface area contributed by atoms with Crippen LogP contribution in [0.15, 0.2) is 89.8 Å². The highest BCUT2D eigenvalue weighted by molar-refractivity contribution is 7.94. The molecule has 0 aliphatic carbocycles. The van der Waals surface area contributed by atoms with Crippen LogP contribution >= 0.6 is 12.0 Å². The van der Waals surface area contributed by atoms with Gasteiger partial charge in [-0.15, -0.1) is 0 Å². The zero-order valence-corrected chi connectivity index (χ0v) is 22.8. The molecular formula is C31H30F3N3O2S. The summed E-state index contributed by atoms with van der Waals surface area (Å²) in [4.78, 5) is 19.2. The highest BCUT2D eigenvalue weighted by Crippen LogP contribution is 2.31. The van der Waals surface area contributed by atoms with Crippen LogP contribution in [0.5, 0.6) is 0 Å². The summed E-state index contributed by atoms with van der Waals surface area (Å²) in [6, 6.07) is 26.0. The van der Waals surface area contributed by atoms with Crippen molar-refractivity contribution in [1.29, 1.82) is 0 Å². The third-order valence-corrected chi connectivity index (χ3v) is 6.95. The van der Waals surface area contributed by atoms with E-state index < -0.39 is 11.7 Å². The Morgan fingerprint density at radius 2 is 1.73 bits per heavy atom. The Balaban J connectivity index is 0.000000240. The molecule has 5 rings (SSSR count). The number of imidazole rings is 1. The van der Waals surface area contributed by atoms with E-state index >= 15 is 0 Å². The Morgan fingerprint density at radius 1 is 0.950 bits per heavy atom. The Hall–Kier alpha value is -3.82. The number of unbranched alkanes of at least 4 members (excludes halogenated alkanes) is 2. The quantitative estimate of drug-likeness (QED) is 0.102. The molecule has 40 heavy (non-hydrogen) atoms. The fourth-order valence-corrected chi connectivity index (χ4v) is 4.80. The van der Waals surface area contributed by atoms with E-state index in [-0.39, 0.29) is 0 Å². The van der Waals surface area contributed by atoms with Crippen LogP contribution < -0.4 is 5.32 Å². The van der Waals surface area contributed by atoms with Gasteiger partial charge in [0.15, 0.2) is 0 Å². The van der Waals surface area contributed by atoms with Crippen molar-refractivity contribution in [2.45, 2.75) is 36.8 Å². The smallest absolute Gasteiger partial charge is 0.359 e. The molecule has 2 N–H and O–H groups in total. The summed E-state index contributed by atoms with van der Waals surface area (Å²) in [6.45, 7) is 0.761. The van der Waals surface area contributed by atoms with Gasteiger partial charge in [0.1, 0.15) is 5.82 Å². The van der Waals surface area contributed by atoms with E-state index in [0.29, 0.717) is 4.90 Å². The number of amides is 1. The minimum atomic E-state index is -4.27. The maximum Gasteiger partial charge on any atom is 0.416 e. The molecule has 0 spiro atoms. The lowest BCUT2D eigenvalue weighted by Gasteiger charge is -2.06. The molecule has 0 atom stereocenters. The number of H-pyrrole nitrogens is 1. The van der Waals surface area contributed by atoms with E-state index in [4.69, 9.17) is 4.98 Å². The van der Waals surface area contributed by atoms with Gasteiger partial charge in [0.2, 0.25) is 6.41 Å². The monoisotopic (exact) mass is 565 g/mol. The lowest BCUT2D eigenvalue weighted by atomic mass is 10.0. The van der Waals surface area contributed by atoms with Gasteiger partial charge in [0.25, 0.3) is 0 Å². The minimum Gasteiger partial charge on any atom is -0.359 e. The number of carbonyl (C=O) groups is 1. The molecule has 0 radical (unpaired) electrons. The van der Waals surface area contributed by atoms with Crippen LogP contribution in [0.2, 0.25) is 0 Å². The number of hydrogen-bond donors (Lipinski definition) is 2. The summed E-state index contributed by atoms with van der Waals surface area (Å²) in [5, 5.41) is 5.14. The largest absolute Gasteiger partial charge is 0.416 e. The van der Waals surface area contributed by atoms with E-state index in [1.54, 1.807) is 0 Å². The number of aromatic amines is 1. The molecule has 1 heterocycles. The summed E-state index contributed by atoms with van der Waals surface area (Å²) in [5.74, 6) is 0.916. The molecular weight excluding hydrogens is 535 g/mol. The molecule has 1 aromatic heterocycles. The molecule has 5 nitrogen and oxygen atoms in total. The van der Waals surface area contributed by atoms with E-state index in [2.05, 4.69) is 75.1 Å². The Bertz CT molecular complexity index is 1530. The number of alkyl halides is 3. The molecule has 9 heteroatoms. The summed E-state index contributed by atoms with van der Waals surface area (Å²) in [5.41, 5.74) is 3.88. The predicted octanol–water partition coefficient (Wildman–Crippen LogP) is 8.20. The van der Waals surface area contributed by atoms with Gasteiger partial charge < -0.3 is 14.5 Å². The van der Waals surface area contributed by atoms with E-state index in [0.717, 1.165) is 85.2 Å². The van der Waals surface area contributed by atoms with Gasteiger partial charge in [0.05, 0.1) is 23.7 Å². The Labute approximate surface area is 235 Å². The first-order valence-corrected chi connectivity index (χ1v) is 13.6. The first-order valence-electron chi connectivity index (χ1n) is 12.9. The second-order valence-corrected chi connectivity index (χ2v) is 10.1. The topological polar surface area (TPSA) is 67.0 Å². The van der Waals surface area contributed by atoms with Crippen molar-refractivity contribution >= 4 is 40.3 Å². The lowest BCUT2D eigenvalue weighted by Crippen LogP contribution is -2.11. The molecule has 0 fully saturated rings. The number of aryl methyl sites for hydroxylation is 1. The van der Waals surface area contributed by atoms with Crippen molar-refractivity contribution in [3.05, 3.63) is 96.1 Å². The SMILES string of the molecule is COSc1ccc(C(F)(F)F)cc1.O=CNCCCCCc1ccc2nc(-c3cccc4ccccc34)[nH]c2c1. The summed E-state index contributed by atoms with van der Waals surface area (Å²) in [6.07, 6.45) is 0.797. The van der Waals surface area contributed by atoms with Gasteiger partial charge in [-0.3, -0.25) is 4.79 Å². The normalized spacial score (nSPS) is 11.3. The van der Waals surface area contributed by atoms with Crippen molar-refractivity contribution in [3.8, 4) is 11.4 Å². The molecule has 0 bridgehead atoms. The zero-order valence-electron chi connectivity index (χ0n) is 22.0. The van der Waals surface area contributed by atoms with Crippen LogP contribution in [0.3, 0.4) is 0 Å². The van der Waals surface area contributed by atoms with Gasteiger partial charge in [-0.25, -0.2) is 4.98 Å². The first kappa shape index (κ1) is 29.2. The van der Waals surface area contributed by atoms with Crippen LogP contribution in [-0.4, -0.2) is 30.0 Å². The zero-order chi connectivity index (χ0) is 28.4. The van der Waals surface area contributed by atoms with Gasteiger partial charge in [0, 0.05) is 29.0 Å².